The molecule has 3 nitrogen and oxygen atoms in total. The number of nitrogens with two attached hydrogens (primary N) is 1. The molecule has 0 spiro atoms. The summed E-state index contributed by atoms with van der Waals surface area (Å²) in [7, 11) is 0. The number of nitrogens with zero attached hydrogens (tertiary/aromatic N) is 2. The van der Waals surface area contributed by atoms with E-state index in [9.17, 15) is 0 Å². The summed E-state index contributed by atoms with van der Waals surface area (Å²) in [5.74, 6) is 0. The Bertz CT molecular complexity index is 383. The molecule has 13 heavy (non-hydrogen) atoms. The smallest absolute Gasteiger partial charge is 0.180 e. The van der Waals surface area contributed by atoms with Gasteiger partial charge in [0.05, 0.1) is 5.69 Å². The van der Waals surface area contributed by atoms with Gasteiger partial charge in [0.1, 0.15) is 0 Å². The molecule has 2 aromatic rings. The summed E-state index contributed by atoms with van der Waals surface area (Å²) in [6.07, 6.45) is 2.54. The van der Waals surface area contributed by atoms with E-state index >= 15 is 0 Å². The Morgan fingerprint density at radius 2 is 2.23 bits per heavy atom. The van der Waals surface area contributed by atoms with Gasteiger partial charge in [-0.05, 0) is 12.1 Å². The largest absolute Gasteiger partial charge is 0.375 e. The number of hydrogen-bond donors (Lipinski definition) is 1. The van der Waals surface area contributed by atoms with Crippen LogP contribution in [-0.4, -0.2) is 9.97 Å². The summed E-state index contributed by atoms with van der Waals surface area (Å²) in [5.41, 5.74) is 7.53. The molecule has 0 aromatic carbocycles. The number of pyridine rings is 1. The predicted octanol–water partition coefficient (Wildman–Crippen LogP) is 1.71. The van der Waals surface area contributed by atoms with Crippen molar-refractivity contribution in [2.24, 2.45) is 0 Å². The molecule has 0 bridgehead atoms. The van der Waals surface area contributed by atoms with Crippen molar-refractivity contribution >= 4 is 16.5 Å². The molecule has 0 radical (unpaired) electrons. The van der Waals surface area contributed by atoms with Crippen molar-refractivity contribution in [3.05, 3.63) is 41.2 Å². The van der Waals surface area contributed by atoms with Crippen LogP contribution in [0.25, 0.3) is 0 Å². The van der Waals surface area contributed by atoms with E-state index in [4.69, 9.17) is 5.73 Å². The summed E-state index contributed by atoms with van der Waals surface area (Å²) in [6, 6.07) is 5.85. The zero-order chi connectivity index (χ0) is 9.10. The van der Waals surface area contributed by atoms with Crippen LogP contribution in [0.5, 0.6) is 0 Å². The quantitative estimate of drug-likeness (QED) is 0.786. The molecule has 0 aliphatic carbocycles. The Kier molecular flexibility index (Phi) is 2.23. The van der Waals surface area contributed by atoms with Gasteiger partial charge in [0.2, 0.25) is 0 Å². The molecule has 2 N–H and O–H groups in total. The van der Waals surface area contributed by atoms with Crippen molar-refractivity contribution in [2.45, 2.75) is 6.42 Å². The van der Waals surface area contributed by atoms with Gasteiger partial charge in [-0.1, -0.05) is 6.07 Å². The first-order valence-electron chi connectivity index (χ1n) is 3.94. The number of aromatic nitrogens is 2. The summed E-state index contributed by atoms with van der Waals surface area (Å²) >= 11 is 1.46. The minimum absolute atomic E-state index is 0.617. The Hall–Kier alpha value is -1.42. The molecular weight excluding hydrogens is 182 g/mol. The van der Waals surface area contributed by atoms with Crippen molar-refractivity contribution in [2.75, 3.05) is 5.73 Å². The van der Waals surface area contributed by atoms with Crippen LogP contribution in [0.2, 0.25) is 0 Å². The number of thiazole rings is 1. The summed E-state index contributed by atoms with van der Waals surface area (Å²) in [5, 5.41) is 2.58. The zero-order valence-corrected chi connectivity index (χ0v) is 7.79. The fourth-order valence-electron chi connectivity index (χ4n) is 1.09. The van der Waals surface area contributed by atoms with Crippen LogP contribution in [0, 0.1) is 0 Å². The SMILES string of the molecule is Nc1nc(Cc2ccccn2)cs1. The molecule has 2 aromatic heterocycles. The minimum atomic E-state index is 0.617. The number of rotatable bonds is 2. The molecule has 0 atom stereocenters. The van der Waals surface area contributed by atoms with Crippen LogP contribution in [0.4, 0.5) is 5.13 Å². The lowest BCUT2D eigenvalue weighted by Crippen LogP contribution is -1.91. The number of anilines is 1. The van der Waals surface area contributed by atoms with Crippen molar-refractivity contribution in [3.8, 4) is 0 Å². The average molecular weight is 191 g/mol. The number of hydrogen-bond acceptors (Lipinski definition) is 4. The molecule has 0 aliphatic heterocycles. The molecule has 0 unspecified atom stereocenters. The second-order valence-corrected chi connectivity index (χ2v) is 3.56. The zero-order valence-electron chi connectivity index (χ0n) is 6.97. The molecule has 66 valence electrons. The predicted molar refractivity (Wildman–Crippen MR) is 53.6 cm³/mol. The van der Waals surface area contributed by atoms with Gasteiger partial charge in [-0.2, -0.15) is 0 Å². The van der Waals surface area contributed by atoms with Gasteiger partial charge in [-0.25, -0.2) is 4.98 Å². The Morgan fingerprint density at radius 3 is 2.85 bits per heavy atom. The van der Waals surface area contributed by atoms with E-state index in [-0.39, 0.29) is 0 Å². The van der Waals surface area contributed by atoms with E-state index in [1.54, 1.807) is 6.20 Å². The van der Waals surface area contributed by atoms with Crippen LogP contribution in [0.3, 0.4) is 0 Å². The highest BCUT2D eigenvalue weighted by molar-refractivity contribution is 7.13. The monoisotopic (exact) mass is 191 g/mol. The highest BCUT2D eigenvalue weighted by atomic mass is 32.1. The van der Waals surface area contributed by atoms with Gasteiger partial charge in [0, 0.05) is 23.7 Å². The lowest BCUT2D eigenvalue weighted by Gasteiger charge is -1.94. The van der Waals surface area contributed by atoms with Crippen LogP contribution >= 0.6 is 11.3 Å². The Morgan fingerprint density at radius 1 is 1.31 bits per heavy atom. The third-order valence-corrected chi connectivity index (χ3v) is 2.38. The standard InChI is InChI=1S/C9H9N3S/c10-9-12-8(6-13-9)5-7-3-1-2-4-11-7/h1-4,6H,5H2,(H2,10,12). The van der Waals surface area contributed by atoms with Gasteiger partial charge in [0.25, 0.3) is 0 Å². The molecule has 0 amide bonds. The Labute approximate surface area is 80.3 Å². The second-order valence-electron chi connectivity index (χ2n) is 2.67. The first-order valence-corrected chi connectivity index (χ1v) is 4.82. The Balaban J connectivity index is 2.15. The maximum atomic E-state index is 5.52. The maximum absolute atomic E-state index is 5.52. The van der Waals surface area contributed by atoms with Crippen LogP contribution in [0.1, 0.15) is 11.4 Å². The lowest BCUT2D eigenvalue weighted by atomic mass is 10.2. The fraction of sp³-hybridized carbons (Fsp3) is 0.111. The first kappa shape index (κ1) is 8.19. The van der Waals surface area contributed by atoms with E-state index in [2.05, 4.69) is 9.97 Å². The molecule has 0 saturated carbocycles. The van der Waals surface area contributed by atoms with Gasteiger partial charge >= 0.3 is 0 Å². The molecule has 0 saturated heterocycles. The highest BCUT2D eigenvalue weighted by Gasteiger charge is 2.00. The van der Waals surface area contributed by atoms with Crippen LogP contribution < -0.4 is 5.73 Å². The van der Waals surface area contributed by atoms with E-state index in [0.29, 0.717) is 5.13 Å². The summed E-state index contributed by atoms with van der Waals surface area (Å²) in [6.45, 7) is 0. The lowest BCUT2D eigenvalue weighted by molar-refractivity contribution is 1.03. The topological polar surface area (TPSA) is 51.8 Å². The van der Waals surface area contributed by atoms with Crippen molar-refractivity contribution in [1.82, 2.24) is 9.97 Å². The molecule has 2 rings (SSSR count). The summed E-state index contributed by atoms with van der Waals surface area (Å²) < 4.78 is 0. The molecule has 2 heterocycles. The fourth-order valence-corrected chi connectivity index (χ4v) is 1.65. The van der Waals surface area contributed by atoms with Gasteiger partial charge in [0.15, 0.2) is 5.13 Å². The van der Waals surface area contributed by atoms with Crippen LogP contribution in [0.15, 0.2) is 29.8 Å². The van der Waals surface area contributed by atoms with E-state index < -0.39 is 0 Å². The number of nitrogen functional groups attached to an aromatic ring is 1. The van der Waals surface area contributed by atoms with E-state index in [1.165, 1.54) is 11.3 Å². The second kappa shape index (κ2) is 3.53. The minimum Gasteiger partial charge on any atom is -0.375 e. The summed E-state index contributed by atoms with van der Waals surface area (Å²) in [4.78, 5) is 8.37. The van der Waals surface area contributed by atoms with Gasteiger partial charge < -0.3 is 5.73 Å². The van der Waals surface area contributed by atoms with Gasteiger partial charge in [-0.3, -0.25) is 4.98 Å². The van der Waals surface area contributed by atoms with E-state index in [1.807, 2.05) is 23.6 Å². The van der Waals surface area contributed by atoms with Gasteiger partial charge in [-0.15, -0.1) is 11.3 Å². The third kappa shape index (κ3) is 2.03. The molecule has 4 heteroatoms. The highest BCUT2D eigenvalue weighted by Crippen LogP contribution is 2.13. The molecule has 0 fully saturated rings. The van der Waals surface area contributed by atoms with Crippen LogP contribution in [-0.2, 0) is 6.42 Å². The van der Waals surface area contributed by atoms with Crippen molar-refractivity contribution in [1.29, 1.82) is 0 Å². The first-order chi connectivity index (χ1) is 6.34. The third-order valence-electron chi connectivity index (χ3n) is 1.66. The maximum Gasteiger partial charge on any atom is 0.180 e. The normalized spacial score (nSPS) is 10.2. The average Bonchev–Trinajstić information content (AvgIpc) is 2.53. The molecule has 0 aliphatic rings. The molecular formula is C9H9N3S. The van der Waals surface area contributed by atoms with E-state index in [0.717, 1.165) is 17.8 Å². The van der Waals surface area contributed by atoms with Crippen molar-refractivity contribution in [3.63, 3.8) is 0 Å². The van der Waals surface area contributed by atoms with Crippen molar-refractivity contribution < 1.29 is 0 Å².